The number of ether oxygens (including phenoxy) is 6. The van der Waals surface area contributed by atoms with Crippen LogP contribution in [0.1, 0.15) is 74.3 Å². The number of pyridine rings is 1. The number of nitrogens with zero attached hydrogens (tertiary/aromatic N) is 5. The lowest BCUT2D eigenvalue weighted by atomic mass is 9.71. The molecule has 11 rings (SSSR count). The number of carbonyl (C=O) groups is 3. The van der Waals surface area contributed by atoms with Gasteiger partial charge in [-0.05, 0) is 85.8 Å². The molecule has 1 aromatic heterocycles. The maximum absolute atomic E-state index is 15.6. The third-order valence-corrected chi connectivity index (χ3v) is 15.5. The average Bonchev–Trinajstić information content (AvgIpc) is 3.79. The second-order valence-electron chi connectivity index (χ2n) is 17.2. The van der Waals surface area contributed by atoms with Crippen molar-refractivity contribution in [1.82, 2.24) is 19.7 Å². The van der Waals surface area contributed by atoms with Crippen molar-refractivity contribution >= 4 is 35.7 Å². The Morgan fingerprint density at radius 2 is 1.85 bits per heavy atom. The van der Waals surface area contributed by atoms with Crippen LogP contribution in [-0.4, -0.2) is 113 Å². The zero-order chi connectivity index (χ0) is 45.6. The van der Waals surface area contributed by atoms with Crippen LogP contribution >= 0.6 is 11.8 Å². The Hall–Kier alpha value is -6.48. The van der Waals surface area contributed by atoms with Crippen molar-refractivity contribution < 1.29 is 53.0 Å². The van der Waals surface area contributed by atoms with Gasteiger partial charge in [0.1, 0.15) is 18.4 Å². The van der Waals surface area contributed by atoms with E-state index in [1.807, 2.05) is 26.1 Å². The van der Waals surface area contributed by atoms with Crippen LogP contribution in [0.5, 0.6) is 40.2 Å². The number of phenols is 2. The van der Waals surface area contributed by atoms with Gasteiger partial charge in [0, 0.05) is 72.0 Å². The number of aromatic hydroxyl groups is 2. The number of thioether (sulfide) groups is 1. The summed E-state index contributed by atoms with van der Waals surface area (Å²) in [5, 5.41) is 33.9. The van der Waals surface area contributed by atoms with Crippen LogP contribution in [0.15, 0.2) is 48.8 Å². The fourth-order valence-corrected chi connectivity index (χ4v) is 13.1. The molecule has 2 saturated heterocycles. The van der Waals surface area contributed by atoms with Gasteiger partial charge in [-0.2, -0.15) is 5.26 Å². The van der Waals surface area contributed by atoms with Crippen molar-refractivity contribution in [2.75, 3.05) is 47.0 Å². The molecule has 4 aromatic rings. The largest absolute Gasteiger partial charge is 0.504 e. The Morgan fingerprint density at radius 3 is 2.57 bits per heavy atom. The third-order valence-electron chi connectivity index (χ3n) is 14.0. The minimum Gasteiger partial charge on any atom is -0.504 e. The van der Waals surface area contributed by atoms with E-state index in [0.29, 0.717) is 69.0 Å². The summed E-state index contributed by atoms with van der Waals surface area (Å²) in [6, 6.07) is 8.09. The van der Waals surface area contributed by atoms with Crippen LogP contribution in [0.3, 0.4) is 0 Å². The van der Waals surface area contributed by atoms with Crippen LogP contribution in [0.4, 0.5) is 0 Å². The molecule has 0 aliphatic carbocycles. The van der Waals surface area contributed by atoms with Gasteiger partial charge >= 0.3 is 11.9 Å². The van der Waals surface area contributed by atoms with Crippen LogP contribution in [-0.2, 0) is 37.5 Å². The van der Waals surface area contributed by atoms with Crippen LogP contribution in [0, 0.1) is 25.2 Å². The molecule has 7 aliphatic rings. The van der Waals surface area contributed by atoms with E-state index < -0.39 is 52.8 Å². The maximum atomic E-state index is 15.6. The molecule has 4 bridgehead atoms. The minimum absolute atomic E-state index is 0.0124. The molecule has 1 amide bonds. The third kappa shape index (κ3) is 6.24. The molecule has 3 aromatic carbocycles. The predicted molar refractivity (Wildman–Crippen MR) is 235 cm³/mol. The zero-order valence-electron chi connectivity index (χ0n) is 36.6. The van der Waals surface area contributed by atoms with E-state index >= 15 is 4.79 Å². The quantitative estimate of drug-likeness (QED) is 0.148. The topological polar surface area (TPSA) is 193 Å². The van der Waals surface area contributed by atoms with Crippen LogP contribution < -0.4 is 23.7 Å². The van der Waals surface area contributed by atoms with Crippen LogP contribution in [0.25, 0.3) is 6.08 Å². The maximum Gasteiger partial charge on any atom is 0.337 e. The highest BCUT2D eigenvalue weighted by atomic mass is 32.2. The molecule has 8 heterocycles. The number of hydrogen-bond donors (Lipinski definition) is 2. The first kappa shape index (κ1) is 42.5. The standard InChI is InChI=1S/C48H47N5O11S/c1-23-14-28-15-30-31(18-49)53-32-20-61-47(58)48(29-17-34(59-5)33(55)16-27(29)11-13-52(48)35(56)10-9-26-8-7-12-50-19-26)21-65-46(40(53)39(51(30)4)36(28)41(57)42(23)60-6)38-37(32)45-44(62-22-63-45)24(2)43(38)64-25(3)54/h7-10,12,14,16-17,19,30-32,39-40,46,55,57H,11,13,15,20-22H2,1-6H3/b10-9+/t30-,31-,32-,39-,40+,46+,48+/m0/s1. The molecule has 2 fully saturated rings. The summed E-state index contributed by atoms with van der Waals surface area (Å²) in [6.45, 7) is 4.64. The summed E-state index contributed by atoms with van der Waals surface area (Å²) < 4.78 is 36.6. The number of piperazine rings is 1. The van der Waals surface area contributed by atoms with Gasteiger partial charge in [-0.25, -0.2) is 4.79 Å². The van der Waals surface area contributed by atoms with Crippen molar-refractivity contribution in [3.05, 3.63) is 98.9 Å². The molecule has 7 aliphatic heterocycles. The van der Waals surface area contributed by atoms with Crippen molar-refractivity contribution in [2.45, 2.75) is 74.6 Å². The Kier molecular flexibility index (Phi) is 10.4. The van der Waals surface area contributed by atoms with Gasteiger partial charge < -0.3 is 43.5 Å². The van der Waals surface area contributed by atoms with Crippen molar-refractivity contribution in [1.29, 1.82) is 5.26 Å². The van der Waals surface area contributed by atoms with Gasteiger partial charge in [-0.15, -0.1) is 11.8 Å². The molecule has 16 nitrogen and oxygen atoms in total. The Bertz CT molecular complexity index is 2760. The molecule has 0 unspecified atom stereocenters. The number of nitriles is 1. The van der Waals surface area contributed by atoms with E-state index in [1.54, 1.807) is 43.6 Å². The molecule has 65 heavy (non-hydrogen) atoms. The Balaban J connectivity index is 1.24. The lowest BCUT2D eigenvalue weighted by Gasteiger charge is -2.62. The number of carbonyl (C=O) groups excluding carboxylic acids is 3. The first-order valence-corrected chi connectivity index (χ1v) is 22.4. The number of methoxy groups -OCH3 is 2. The van der Waals surface area contributed by atoms with E-state index in [2.05, 4.69) is 20.9 Å². The summed E-state index contributed by atoms with van der Waals surface area (Å²) in [5.41, 5.74) is 3.86. The molecule has 7 atom stereocenters. The van der Waals surface area contributed by atoms with Gasteiger partial charge in [0.15, 0.2) is 40.0 Å². The highest BCUT2D eigenvalue weighted by Gasteiger charge is 2.63. The summed E-state index contributed by atoms with van der Waals surface area (Å²) in [5.74, 6) is -0.544. The Morgan fingerprint density at radius 1 is 1.05 bits per heavy atom. The molecule has 1 spiro atoms. The highest BCUT2D eigenvalue weighted by molar-refractivity contribution is 7.99. The van der Waals surface area contributed by atoms with E-state index in [0.717, 1.165) is 11.1 Å². The van der Waals surface area contributed by atoms with Crippen molar-refractivity contribution in [3.8, 4) is 46.3 Å². The monoisotopic (exact) mass is 901 g/mol. The first-order chi connectivity index (χ1) is 31.3. The molecule has 336 valence electrons. The first-order valence-electron chi connectivity index (χ1n) is 21.4. The number of benzene rings is 3. The smallest absolute Gasteiger partial charge is 0.337 e. The Labute approximate surface area is 379 Å². The highest BCUT2D eigenvalue weighted by Crippen LogP contribution is 2.65. The number of esters is 2. The normalized spacial score (nSPS) is 26.4. The molecule has 17 heteroatoms. The summed E-state index contributed by atoms with van der Waals surface area (Å²) in [4.78, 5) is 53.5. The van der Waals surface area contributed by atoms with Gasteiger partial charge in [0.2, 0.25) is 12.7 Å². The zero-order valence-corrected chi connectivity index (χ0v) is 37.4. The predicted octanol–water partition coefficient (Wildman–Crippen LogP) is 5.33. The van der Waals surface area contributed by atoms with Crippen molar-refractivity contribution in [3.63, 3.8) is 0 Å². The van der Waals surface area contributed by atoms with E-state index in [-0.39, 0.29) is 54.7 Å². The number of phenolic OH excluding ortho intramolecular Hbond substituents is 2. The summed E-state index contributed by atoms with van der Waals surface area (Å²) in [6.07, 6.45) is 7.05. The average molecular weight is 902 g/mol. The van der Waals surface area contributed by atoms with Gasteiger partial charge in [0.05, 0.1) is 37.6 Å². The summed E-state index contributed by atoms with van der Waals surface area (Å²) >= 11 is 1.35. The minimum atomic E-state index is -1.81. The molecule has 0 saturated carbocycles. The number of hydrogen-bond acceptors (Lipinski definition) is 16. The molecular weight excluding hydrogens is 855 g/mol. The lowest BCUT2D eigenvalue weighted by Crippen LogP contribution is -2.69. The number of amides is 1. The number of aromatic nitrogens is 1. The van der Waals surface area contributed by atoms with Crippen LogP contribution in [0.2, 0.25) is 0 Å². The van der Waals surface area contributed by atoms with E-state index in [9.17, 15) is 25.1 Å². The van der Waals surface area contributed by atoms with Crippen molar-refractivity contribution in [2.24, 2.45) is 0 Å². The molecule has 2 N–H and O–H groups in total. The van der Waals surface area contributed by atoms with E-state index in [1.165, 1.54) is 43.9 Å². The fourth-order valence-electron chi connectivity index (χ4n) is 11.3. The summed E-state index contributed by atoms with van der Waals surface area (Å²) in [7, 11) is 4.88. The number of likely N-dealkylation sites (N-methyl/N-ethyl adjacent to an activating group) is 1. The van der Waals surface area contributed by atoms with Gasteiger partial charge in [-0.3, -0.25) is 24.4 Å². The number of aryl methyl sites for hydroxylation is 1. The lowest BCUT2D eigenvalue weighted by molar-refractivity contribution is -0.167. The molecule has 0 radical (unpaired) electrons. The number of fused-ring (bicyclic) bond motifs is 9. The van der Waals surface area contributed by atoms with Gasteiger partial charge in [0.25, 0.3) is 0 Å². The fraction of sp³-hybridized carbons (Fsp3) is 0.396. The SMILES string of the molecule is COc1cc2c(cc1O)CCN(C(=O)/C=C/c1cccnc1)[C@]21CS[C@@H]2c3c(OC(C)=O)c(C)c4c(c3[C@H](COC1=O)N1[C@@H]2[C@@H]2c3c(cc(C)c(OC)c3O)C[C@@H]([C@@H]1C#N)N2C)OCO4. The second-order valence-corrected chi connectivity index (χ2v) is 18.4. The second kappa shape index (κ2) is 15.9. The molecular formula is C48H47N5O11S. The number of rotatable bonds is 5. The van der Waals surface area contributed by atoms with E-state index in [4.69, 9.17) is 28.4 Å². The van der Waals surface area contributed by atoms with Gasteiger partial charge in [-0.1, -0.05) is 12.1 Å².